The number of hydrogen-bond acceptors (Lipinski definition) is 4. The van der Waals surface area contributed by atoms with Gasteiger partial charge in [-0.1, -0.05) is 36.4 Å². The maximum Gasteiger partial charge on any atom is 0.339 e. The van der Waals surface area contributed by atoms with Crippen LogP contribution in [0.1, 0.15) is 23.5 Å². The zero-order valence-corrected chi connectivity index (χ0v) is 12.3. The van der Waals surface area contributed by atoms with E-state index in [0.717, 1.165) is 12.0 Å². The molecule has 0 bridgehead atoms. The summed E-state index contributed by atoms with van der Waals surface area (Å²) in [7, 11) is 0. The minimum Gasteiger partial charge on any atom is -0.464 e. The summed E-state index contributed by atoms with van der Waals surface area (Å²) in [5.41, 5.74) is 0.831. The summed E-state index contributed by atoms with van der Waals surface area (Å²) in [6, 6.07) is 13.5. The minimum atomic E-state index is -0.642. The lowest BCUT2D eigenvalue weighted by molar-refractivity contribution is -0.157. The molecule has 0 spiro atoms. The number of ether oxygens (including phenoxy) is 2. The second kappa shape index (κ2) is 7.82. The molecule has 0 aliphatic carbocycles. The molecular weight excluding hydrogens is 272 g/mol. The van der Waals surface area contributed by atoms with Gasteiger partial charge in [-0.15, -0.1) is 11.3 Å². The van der Waals surface area contributed by atoms with Crippen molar-refractivity contribution in [2.24, 2.45) is 0 Å². The van der Waals surface area contributed by atoms with Crippen molar-refractivity contribution in [3.8, 4) is 0 Å². The number of thiophene rings is 1. The molecule has 20 heavy (non-hydrogen) atoms. The van der Waals surface area contributed by atoms with E-state index < -0.39 is 6.10 Å². The van der Waals surface area contributed by atoms with E-state index in [1.807, 2.05) is 41.8 Å². The molecule has 106 valence electrons. The maximum atomic E-state index is 12.0. The first kappa shape index (κ1) is 14.8. The van der Waals surface area contributed by atoms with Crippen LogP contribution >= 0.6 is 11.3 Å². The Bertz CT molecular complexity index is 508. The van der Waals surface area contributed by atoms with Crippen molar-refractivity contribution in [3.63, 3.8) is 0 Å². The molecule has 1 aromatic heterocycles. The Morgan fingerprint density at radius 1 is 1.20 bits per heavy atom. The molecule has 1 unspecified atom stereocenters. The molecular formula is C16H18O3S. The van der Waals surface area contributed by atoms with Gasteiger partial charge < -0.3 is 9.47 Å². The Hall–Kier alpha value is -1.65. The lowest BCUT2D eigenvalue weighted by Gasteiger charge is -2.16. The molecule has 0 fully saturated rings. The summed E-state index contributed by atoms with van der Waals surface area (Å²) in [6.45, 7) is 2.65. The van der Waals surface area contributed by atoms with E-state index in [2.05, 4.69) is 6.07 Å². The third kappa shape index (κ3) is 4.18. The van der Waals surface area contributed by atoms with Crippen molar-refractivity contribution in [2.75, 3.05) is 13.2 Å². The average molecular weight is 290 g/mol. The van der Waals surface area contributed by atoms with Crippen molar-refractivity contribution in [1.29, 1.82) is 0 Å². The second-order valence-electron chi connectivity index (χ2n) is 4.24. The number of hydrogen-bond donors (Lipinski definition) is 0. The quantitative estimate of drug-likeness (QED) is 0.731. The molecule has 3 nitrogen and oxygen atoms in total. The van der Waals surface area contributed by atoms with Gasteiger partial charge >= 0.3 is 5.97 Å². The van der Waals surface area contributed by atoms with Crippen LogP contribution in [0.4, 0.5) is 0 Å². The predicted octanol–water partition coefficient (Wildman–Crippen LogP) is 3.61. The monoisotopic (exact) mass is 290 g/mol. The van der Waals surface area contributed by atoms with Gasteiger partial charge in [-0.2, -0.15) is 0 Å². The third-order valence-corrected chi connectivity index (χ3v) is 3.75. The van der Waals surface area contributed by atoms with Gasteiger partial charge in [-0.3, -0.25) is 0 Å². The van der Waals surface area contributed by atoms with Crippen molar-refractivity contribution in [1.82, 2.24) is 0 Å². The van der Waals surface area contributed by atoms with E-state index in [0.29, 0.717) is 13.2 Å². The first-order chi connectivity index (χ1) is 9.81. The van der Waals surface area contributed by atoms with Crippen LogP contribution in [0.5, 0.6) is 0 Å². The molecule has 1 aromatic carbocycles. The van der Waals surface area contributed by atoms with Crippen LogP contribution in [0.15, 0.2) is 47.8 Å². The summed E-state index contributed by atoms with van der Waals surface area (Å²) in [5, 5.41) is 2.04. The predicted molar refractivity (Wildman–Crippen MR) is 79.8 cm³/mol. The standard InChI is InChI=1S/C16H18O3S/c1-2-18-16(17)15(13-7-4-3-5-8-13)19-11-10-14-9-6-12-20-14/h3-9,12,15H,2,10-11H2,1H3. The van der Waals surface area contributed by atoms with E-state index in [4.69, 9.17) is 9.47 Å². The van der Waals surface area contributed by atoms with Gasteiger partial charge in [0, 0.05) is 11.3 Å². The smallest absolute Gasteiger partial charge is 0.339 e. The fourth-order valence-electron chi connectivity index (χ4n) is 1.88. The second-order valence-corrected chi connectivity index (χ2v) is 5.28. The fourth-order valence-corrected chi connectivity index (χ4v) is 2.57. The van der Waals surface area contributed by atoms with Crippen molar-refractivity contribution < 1.29 is 14.3 Å². The van der Waals surface area contributed by atoms with Gasteiger partial charge in [0.15, 0.2) is 6.10 Å². The molecule has 0 aliphatic rings. The zero-order chi connectivity index (χ0) is 14.2. The van der Waals surface area contributed by atoms with Gasteiger partial charge in [-0.25, -0.2) is 4.79 Å². The van der Waals surface area contributed by atoms with Crippen LogP contribution in [-0.4, -0.2) is 19.2 Å². The van der Waals surface area contributed by atoms with E-state index in [-0.39, 0.29) is 5.97 Å². The lowest BCUT2D eigenvalue weighted by atomic mass is 10.1. The van der Waals surface area contributed by atoms with Crippen LogP contribution in [0, 0.1) is 0 Å². The number of rotatable bonds is 7. The summed E-state index contributed by atoms with van der Waals surface area (Å²) in [4.78, 5) is 13.2. The molecule has 0 aliphatic heterocycles. The van der Waals surface area contributed by atoms with Crippen molar-refractivity contribution in [3.05, 3.63) is 58.3 Å². The Balaban J connectivity index is 1.97. The molecule has 4 heteroatoms. The highest BCUT2D eigenvalue weighted by Crippen LogP contribution is 2.20. The topological polar surface area (TPSA) is 35.5 Å². The summed E-state index contributed by atoms with van der Waals surface area (Å²) >= 11 is 1.69. The molecule has 0 radical (unpaired) electrons. The number of carbonyl (C=O) groups excluding carboxylic acids is 1. The zero-order valence-electron chi connectivity index (χ0n) is 11.5. The number of carbonyl (C=O) groups is 1. The van der Waals surface area contributed by atoms with Crippen molar-refractivity contribution >= 4 is 17.3 Å². The molecule has 0 saturated heterocycles. The van der Waals surface area contributed by atoms with Crippen LogP contribution in [0.25, 0.3) is 0 Å². The normalized spacial score (nSPS) is 12.1. The molecule has 0 saturated carbocycles. The van der Waals surface area contributed by atoms with Gasteiger partial charge in [0.25, 0.3) is 0 Å². The summed E-state index contributed by atoms with van der Waals surface area (Å²) < 4.78 is 10.8. The molecule has 1 atom stereocenters. The van der Waals surface area contributed by atoms with E-state index in [9.17, 15) is 4.79 Å². The number of benzene rings is 1. The first-order valence-corrected chi connectivity index (χ1v) is 7.54. The van der Waals surface area contributed by atoms with Gasteiger partial charge in [0.1, 0.15) is 0 Å². The Morgan fingerprint density at radius 2 is 2.00 bits per heavy atom. The van der Waals surface area contributed by atoms with Crippen LogP contribution < -0.4 is 0 Å². The SMILES string of the molecule is CCOC(=O)C(OCCc1cccs1)c1ccccc1. The Kier molecular flexibility index (Phi) is 5.77. The van der Waals surface area contributed by atoms with Crippen LogP contribution in [0.2, 0.25) is 0 Å². The summed E-state index contributed by atoms with van der Waals surface area (Å²) in [5.74, 6) is -0.329. The van der Waals surface area contributed by atoms with E-state index in [1.54, 1.807) is 18.3 Å². The van der Waals surface area contributed by atoms with Gasteiger partial charge in [-0.05, 0) is 23.9 Å². The molecule has 0 N–H and O–H groups in total. The first-order valence-electron chi connectivity index (χ1n) is 6.67. The molecule has 1 heterocycles. The van der Waals surface area contributed by atoms with E-state index in [1.165, 1.54) is 4.88 Å². The maximum absolute atomic E-state index is 12.0. The third-order valence-electron chi connectivity index (χ3n) is 2.82. The van der Waals surface area contributed by atoms with Gasteiger partial charge in [0.05, 0.1) is 13.2 Å². The highest BCUT2D eigenvalue weighted by molar-refractivity contribution is 7.09. The fraction of sp³-hybridized carbons (Fsp3) is 0.312. The minimum absolute atomic E-state index is 0.329. The molecule has 2 rings (SSSR count). The summed E-state index contributed by atoms with van der Waals surface area (Å²) in [6.07, 6.45) is 0.163. The largest absolute Gasteiger partial charge is 0.464 e. The van der Waals surface area contributed by atoms with Crippen molar-refractivity contribution in [2.45, 2.75) is 19.4 Å². The average Bonchev–Trinajstić information content (AvgIpc) is 2.98. The van der Waals surface area contributed by atoms with Gasteiger partial charge in [0.2, 0.25) is 0 Å². The highest BCUT2D eigenvalue weighted by atomic mass is 32.1. The molecule has 0 amide bonds. The van der Waals surface area contributed by atoms with Crippen LogP contribution in [0.3, 0.4) is 0 Å². The molecule has 2 aromatic rings. The lowest BCUT2D eigenvalue weighted by Crippen LogP contribution is -2.20. The number of esters is 1. The Morgan fingerprint density at radius 3 is 2.65 bits per heavy atom. The van der Waals surface area contributed by atoms with Crippen LogP contribution in [-0.2, 0) is 20.7 Å². The highest BCUT2D eigenvalue weighted by Gasteiger charge is 2.22. The van der Waals surface area contributed by atoms with E-state index >= 15 is 0 Å². The Labute approximate surface area is 123 Å².